The number of methoxy groups -OCH3 is 1. The minimum Gasteiger partial charge on any atom is -0.478 e. The van der Waals surface area contributed by atoms with E-state index in [1.807, 2.05) is 0 Å². The number of rotatable bonds is 6. The maximum atomic E-state index is 13.1. The molecule has 0 aliphatic rings. The van der Waals surface area contributed by atoms with Gasteiger partial charge in [0.05, 0.1) is 18.2 Å². The van der Waals surface area contributed by atoms with Crippen molar-refractivity contribution in [2.24, 2.45) is 5.73 Å². The Morgan fingerprint density at radius 1 is 1.14 bits per heavy atom. The number of nitrogens with one attached hydrogen (secondary N) is 1. The summed E-state index contributed by atoms with van der Waals surface area (Å²) in [6, 6.07) is 13.0. The molecule has 0 spiro atoms. The quantitative estimate of drug-likeness (QED) is 0.580. The second-order valence-electron chi connectivity index (χ2n) is 5.57. The van der Waals surface area contributed by atoms with Crippen LogP contribution in [0.5, 0.6) is 5.88 Å². The summed E-state index contributed by atoms with van der Waals surface area (Å²) in [5.41, 5.74) is 6.30. The third-order valence-corrected chi connectivity index (χ3v) is 5.54. The molecule has 0 fully saturated rings. The SMILES string of the molecule is COc1nc(Br)cnc1NS(=O)(=O)c1cccc(C(N)=O)c1-c1ccccc1. The van der Waals surface area contributed by atoms with Crippen LogP contribution >= 0.6 is 15.9 Å². The summed E-state index contributed by atoms with van der Waals surface area (Å²) in [6.07, 6.45) is 1.33. The number of amides is 1. The highest BCUT2D eigenvalue weighted by molar-refractivity contribution is 9.10. The Kier molecular flexibility index (Phi) is 5.61. The van der Waals surface area contributed by atoms with Crippen LogP contribution in [0.2, 0.25) is 0 Å². The molecule has 0 aliphatic carbocycles. The van der Waals surface area contributed by atoms with Crippen molar-refractivity contribution >= 4 is 37.7 Å². The molecule has 3 N–H and O–H groups in total. The molecular weight excluding hydrogens is 448 g/mol. The molecule has 0 saturated heterocycles. The van der Waals surface area contributed by atoms with Gasteiger partial charge in [-0.2, -0.15) is 0 Å². The zero-order chi connectivity index (χ0) is 20.3. The lowest BCUT2D eigenvalue weighted by atomic mass is 9.99. The van der Waals surface area contributed by atoms with Crippen molar-refractivity contribution in [3.05, 3.63) is 64.9 Å². The van der Waals surface area contributed by atoms with Crippen LogP contribution in [-0.4, -0.2) is 31.4 Å². The van der Waals surface area contributed by atoms with Gasteiger partial charge >= 0.3 is 0 Å². The molecule has 0 aliphatic heterocycles. The third-order valence-electron chi connectivity index (χ3n) is 3.78. The van der Waals surface area contributed by atoms with Crippen molar-refractivity contribution in [2.75, 3.05) is 11.8 Å². The molecule has 1 aromatic heterocycles. The fourth-order valence-corrected chi connectivity index (χ4v) is 4.13. The topological polar surface area (TPSA) is 124 Å². The average molecular weight is 463 g/mol. The largest absolute Gasteiger partial charge is 0.478 e. The van der Waals surface area contributed by atoms with Crippen molar-refractivity contribution in [1.82, 2.24) is 9.97 Å². The molecule has 144 valence electrons. The van der Waals surface area contributed by atoms with Crippen molar-refractivity contribution < 1.29 is 17.9 Å². The Balaban J connectivity index is 2.18. The number of benzene rings is 2. The summed E-state index contributed by atoms with van der Waals surface area (Å²) in [5.74, 6) is -0.837. The van der Waals surface area contributed by atoms with Crippen LogP contribution in [0.25, 0.3) is 11.1 Å². The van der Waals surface area contributed by atoms with Crippen LogP contribution in [-0.2, 0) is 10.0 Å². The van der Waals surface area contributed by atoms with Gasteiger partial charge in [-0.05, 0) is 33.6 Å². The van der Waals surface area contributed by atoms with Crippen LogP contribution in [0.3, 0.4) is 0 Å². The fraction of sp³-hybridized carbons (Fsp3) is 0.0556. The first-order valence-corrected chi connectivity index (χ1v) is 10.2. The molecule has 0 atom stereocenters. The monoisotopic (exact) mass is 462 g/mol. The van der Waals surface area contributed by atoms with Crippen LogP contribution < -0.4 is 15.2 Å². The molecule has 0 radical (unpaired) electrons. The maximum absolute atomic E-state index is 13.1. The fourth-order valence-electron chi connectivity index (χ4n) is 2.61. The van der Waals surface area contributed by atoms with E-state index < -0.39 is 15.9 Å². The summed E-state index contributed by atoms with van der Waals surface area (Å²) < 4.78 is 34.1. The molecule has 0 bridgehead atoms. The summed E-state index contributed by atoms with van der Waals surface area (Å²) in [7, 11) is -2.80. The predicted molar refractivity (Wildman–Crippen MR) is 107 cm³/mol. The number of hydrogen-bond donors (Lipinski definition) is 2. The number of primary amides is 1. The number of halogens is 1. The van der Waals surface area contributed by atoms with Crippen molar-refractivity contribution in [1.29, 1.82) is 0 Å². The number of carbonyl (C=O) groups is 1. The first-order valence-electron chi connectivity index (χ1n) is 7.91. The highest BCUT2D eigenvalue weighted by Gasteiger charge is 2.25. The molecule has 0 unspecified atom stereocenters. The smallest absolute Gasteiger partial charge is 0.263 e. The predicted octanol–water partition coefficient (Wildman–Crippen LogP) is 2.81. The van der Waals surface area contributed by atoms with Crippen LogP contribution in [0.1, 0.15) is 10.4 Å². The molecule has 1 heterocycles. The van der Waals surface area contributed by atoms with Gasteiger partial charge in [-0.3, -0.25) is 9.52 Å². The maximum Gasteiger partial charge on any atom is 0.263 e. The van der Waals surface area contributed by atoms with E-state index in [0.29, 0.717) is 10.2 Å². The lowest BCUT2D eigenvalue weighted by molar-refractivity contribution is 0.100. The minimum absolute atomic E-state index is 0.00901. The summed E-state index contributed by atoms with van der Waals surface area (Å²) in [5, 5.41) is 0. The van der Waals surface area contributed by atoms with Gasteiger partial charge < -0.3 is 10.5 Å². The van der Waals surface area contributed by atoms with Gasteiger partial charge in [0.1, 0.15) is 4.60 Å². The zero-order valence-electron chi connectivity index (χ0n) is 14.6. The van der Waals surface area contributed by atoms with Crippen LogP contribution in [0.4, 0.5) is 5.82 Å². The second-order valence-corrected chi connectivity index (χ2v) is 8.03. The van der Waals surface area contributed by atoms with E-state index in [0.717, 1.165) is 0 Å². The standard InChI is InChI=1S/C18H15BrN4O4S/c1-27-18-17(21-10-14(19)22-18)23-28(25,26)13-9-5-8-12(16(20)24)15(13)11-6-3-2-4-7-11/h2-10H,1H3,(H2,20,24)(H,21,23). The van der Waals surface area contributed by atoms with Crippen LogP contribution in [0.15, 0.2) is 64.2 Å². The number of hydrogen-bond acceptors (Lipinski definition) is 6. The Labute approximate surface area is 170 Å². The molecule has 10 heteroatoms. The van der Waals surface area contributed by atoms with Crippen molar-refractivity contribution in [3.63, 3.8) is 0 Å². The highest BCUT2D eigenvalue weighted by Crippen LogP contribution is 2.33. The van der Waals surface area contributed by atoms with Gasteiger partial charge in [0.25, 0.3) is 15.9 Å². The van der Waals surface area contributed by atoms with Gasteiger partial charge in [0.15, 0.2) is 0 Å². The van der Waals surface area contributed by atoms with Gasteiger partial charge in [-0.25, -0.2) is 18.4 Å². The lowest BCUT2D eigenvalue weighted by Crippen LogP contribution is -2.19. The molecule has 0 saturated carbocycles. The van der Waals surface area contributed by atoms with E-state index in [1.54, 1.807) is 30.3 Å². The van der Waals surface area contributed by atoms with E-state index in [2.05, 4.69) is 30.6 Å². The molecule has 8 nitrogen and oxygen atoms in total. The number of sulfonamides is 1. The van der Waals surface area contributed by atoms with E-state index in [-0.39, 0.29) is 27.7 Å². The van der Waals surface area contributed by atoms with Gasteiger partial charge in [-0.15, -0.1) is 0 Å². The molecular formula is C18H15BrN4O4S. The van der Waals surface area contributed by atoms with E-state index in [9.17, 15) is 13.2 Å². The van der Waals surface area contributed by atoms with E-state index in [4.69, 9.17) is 10.5 Å². The number of ether oxygens (including phenoxy) is 1. The molecule has 3 rings (SSSR count). The van der Waals surface area contributed by atoms with Crippen molar-refractivity contribution in [3.8, 4) is 17.0 Å². The van der Waals surface area contributed by atoms with Gasteiger partial charge in [0.2, 0.25) is 11.7 Å². The Hall–Kier alpha value is -2.98. The van der Waals surface area contributed by atoms with Crippen LogP contribution in [0, 0.1) is 0 Å². The van der Waals surface area contributed by atoms with E-state index >= 15 is 0 Å². The first kappa shape index (κ1) is 19.8. The Bertz CT molecular complexity index is 1140. The van der Waals surface area contributed by atoms with E-state index in [1.165, 1.54) is 31.5 Å². The minimum atomic E-state index is -4.15. The third kappa shape index (κ3) is 3.97. The van der Waals surface area contributed by atoms with Crippen molar-refractivity contribution in [2.45, 2.75) is 4.90 Å². The first-order chi connectivity index (χ1) is 13.3. The average Bonchev–Trinajstić information content (AvgIpc) is 2.69. The summed E-state index contributed by atoms with van der Waals surface area (Å²) in [4.78, 5) is 19.8. The lowest BCUT2D eigenvalue weighted by Gasteiger charge is -2.15. The van der Waals surface area contributed by atoms with Gasteiger partial charge in [0, 0.05) is 11.1 Å². The number of nitrogens with two attached hydrogens (primary N) is 1. The summed E-state index contributed by atoms with van der Waals surface area (Å²) in [6.45, 7) is 0. The number of carbonyl (C=O) groups excluding carboxylic acids is 1. The highest BCUT2D eigenvalue weighted by atomic mass is 79.9. The molecule has 1 amide bonds. The Morgan fingerprint density at radius 2 is 1.86 bits per heavy atom. The summed E-state index contributed by atoms with van der Waals surface area (Å²) >= 11 is 3.15. The molecule has 28 heavy (non-hydrogen) atoms. The molecule has 2 aromatic carbocycles. The number of aromatic nitrogens is 2. The van der Waals surface area contributed by atoms with Gasteiger partial charge in [-0.1, -0.05) is 36.4 Å². The zero-order valence-corrected chi connectivity index (χ0v) is 17.0. The number of anilines is 1. The second kappa shape index (κ2) is 7.95. The normalized spacial score (nSPS) is 11.1. The number of nitrogens with zero attached hydrogens (tertiary/aromatic N) is 2. The Morgan fingerprint density at radius 3 is 2.50 bits per heavy atom. The molecule has 3 aromatic rings.